The smallest absolute Gasteiger partial charge is 0.326 e. The molecule has 844 valence electrons. The lowest BCUT2D eigenvalue weighted by atomic mass is 9.83. The van der Waals surface area contributed by atoms with Crippen LogP contribution in [0.15, 0.2) is 60.7 Å². The fraction of sp³-hybridized carbons (Fsp3) is 0.750. The van der Waals surface area contributed by atoms with Crippen LogP contribution < -0.4 is 10.6 Å². The summed E-state index contributed by atoms with van der Waals surface area (Å²) in [4.78, 5) is 228. The molecule has 0 saturated carbocycles. The number of hydrogen-bond donors (Lipinski definition) is 5. The summed E-state index contributed by atoms with van der Waals surface area (Å²) in [5.41, 5.74) is 1.43. The molecule has 32 nitrogen and oxygen atoms in total. The molecule has 4 N–H and O–H groups in total. The molecule has 4 saturated heterocycles. The van der Waals surface area contributed by atoms with E-state index in [1.165, 1.54) is 70.7 Å². The molecule has 4 aliphatic rings. The number of aliphatic carboxylic acids is 2. The van der Waals surface area contributed by atoms with Crippen LogP contribution in [-0.2, 0) is 109 Å². The predicted octanol–water partition coefficient (Wildman–Crippen LogP) is 14.9. The Labute approximate surface area is 901 Å². The maximum absolute atomic E-state index is 15.4. The molecule has 37 heteroatoms. The van der Waals surface area contributed by atoms with Gasteiger partial charge in [-0.05, 0) is 109 Å². The van der Waals surface area contributed by atoms with Crippen LogP contribution in [0.4, 0.5) is 8.78 Å². The van der Waals surface area contributed by atoms with E-state index >= 15 is 8.78 Å². The molecule has 2 unspecified atom stereocenters. The van der Waals surface area contributed by atoms with Crippen LogP contribution in [0.1, 0.15) is 283 Å². The van der Waals surface area contributed by atoms with Crippen molar-refractivity contribution in [1.82, 2.24) is 49.8 Å². The second-order valence-electron chi connectivity index (χ2n) is 42.4. The highest BCUT2D eigenvalue weighted by atomic mass is 32.2. The third-order valence-corrected chi connectivity index (χ3v) is 32.9. The average Bonchev–Trinajstić information content (AvgIpc) is 1.67. The van der Waals surface area contributed by atoms with Crippen molar-refractivity contribution in [1.29, 1.82) is 0 Å². The molecule has 4 aliphatic heterocycles. The van der Waals surface area contributed by atoms with Crippen molar-refractivity contribution in [2.45, 2.75) is 380 Å². The van der Waals surface area contributed by atoms with E-state index < -0.39 is 144 Å². The number of benzene rings is 2. The van der Waals surface area contributed by atoms with Gasteiger partial charge in [0.05, 0.1) is 109 Å². The maximum Gasteiger partial charge on any atom is 0.326 e. The Balaban J connectivity index is 0.000000593. The summed E-state index contributed by atoms with van der Waals surface area (Å²) in [6.07, 6.45) is 4.69. The van der Waals surface area contributed by atoms with Gasteiger partial charge in [-0.15, -0.1) is 23.5 Å². The number of hydrogen-bond acceptors (Lipinski definition) is 23. The normalized spacial score (nSPS) is 20.1. The molecular weight excluding hydrogens is 1970 g/mol. The molecule has 4 heterocycles. The monoisotopic (exact) mass is 2150 g/mol. The maximum atomic E-state index is 15.4. The first-order valence-electron chi connectivity index (χ1n) is 54.2. The van der Waals surface area contributed by atoms with Gasteiger partial charge in [-0.25, -0.2) is 18.4 Å². The molecule has 0 spiro atoms. The van der Waals surface area contributed by atoms with Crippen LogP contribution in [0.3, 0.4) is 0 Å². The van der Waals surface area contributed by atoms with Crippen molar-refractivity contribution < 1.29 is 115 Å². The number of imide groups is 2. The van der Waals surface area contributed by atoms with Gasteiger partial charge in [-0.2, -0.15) is 12.6 Å². The van der Waals surface area contributed by atoms with E-state index in [-0.39, 0.29) is 195 Å². The zero-order valence-electron chi connectivity index (χ0n) is 93.8. The van der Waals surface area contributed by atoms with Crippen molar-refractivity contribution in [2.24, 2.45) is 59.2 Å². The summed E-state index contributed by atoms with van der Waals surface area (Å²) < 4.78 is 54.4. The highest BCUT2D eigenvalue weighted by Gasteiger charge is 2.51. The number of rotatable bonds is 66. The molecule has 4 fully saturated rings. The molecule has 149 heavy (non-hydrogen) atoms. The number of thiol groups is 1. The van der Waals surface area contributed by atoms with Gasteiger partial charge in [0.2, 0.25) is 70.9 Å². The van der Waals surface area contributed by atoms with E-state index in [0.29, 0.717) is 75.6 Å². The Morgan fingerprint density at radius 3 is 1.06 bits per heavy atom. The summed E-state index contributed by atoms with van der Waals surface area (Å²) in [5, 5.41) is 24.5. The number of nitrogens with zero attached hydrogens (tertiary/aromatic N) is 8. The number of methoxy groups -OCH3 is 4. The predicted molar refractivity (Wildman–Crippen MR) is 582 cm³/mol. The largest absolute Gasteiger partial charge is 0.480 e. The molecule has 2 aromatic rings. The Morgan fingerprint density at radius 1 is 0.450 bits per heavy atom. The van der Waals surface area contributed by atoms with E-state index in [9.17, 15) is 86.9 Å². The van der Waals surface area contributed by atoms with Gasteiger partial charge in [0.15, 0.2) is 11.6 Å². The Kier molecular flexibility index (Phi) is 60.5. The average molecular weight is 2150 g/mol. The summed E-state index contributed by atoms with van der Waals surface area (Å²) in [6.45, 7) is 32.3. The highest BCUT2D eigenvalue weighted by Crippen LogP contribution is 2.38. The van der Waals surface area contributed by atoms with Gasteiger partial charge in [0.25, 0.3) is 0 Å². The summed E-state index contributed by atoms with van der Waals surface area (Å²) in [5.74, 6) is -8.91. The second-order valence-corrected chi connectivity index (χ2v) is 45.5. The summed E-state index contributed by atoms with van der Waals surface area (Å²) in [6, 6.07) is 10.7. The molecule has 12 amide bonds. The number of carboxylic acid groups (broad SMARTS) is 2. The van der Waals surface area contributed by atoms with Crippen LogP contribution in [0, 0.1) is 59.2 Å². The fourth-order valence-corrected chi connectivity index (χ4v) is 23.6. The number of ether oxygens (including phenoxy) is 4. The summed E-state index contributed by atoms with van der Waals surface area (Å²) in [7, 11) is 12.2. The van der Waals surface area contributed by atoms with Crippen molar-refractivity contribution in [2.75, 3.05) is 100 Å². The number of likely N-dealkylation sites (tertiary alicyclic amines) is 4. The number of unbranched alkanes of at least 4 members (excludes halogenated alkanes) is 7. The zero-order valence-corrected chi connectivity index (χ0v) is 96.3. The van der Waals surface area contributed by atoms with Crippen LogP contribution >= 0.6 is 36.2 Å². The Morgan fingerprint density at radius 2 is 0.785 bits per heavy atom. The van der Waals surface area contributed by atoms with Crippen molar-refractivity contribution >= 4 is 131 Å². The lowest BCUT2D eigenvalue weighted by Crippen LogP contribution is -2.55. The van der Waals surface area contributed by atoms with E-state index in [4.69, 9.17) is 18.9 Å². The first-order chi connectivity index (χ1) is 70.5. The van der Waals surface area contributed by atoms with E-state index in [2.05, 4.69) is 44.0 Å². The molecule has 6 rings (SSSR count). The quantitative estimate of drug-likeness (QED) is 0.0233. The first-order valence-corrected chi connectivity index (χ1v) is 57.0. The number of carboxylic acids is 2. The number of thioether (sulfide) groups is 2. The van der Waals surface area contributed by atoms with Gasteiger partial charge in [-0.1, -0.05) is 223 Å². The number of alkyl halides is 2. The Hall–Kier alpha value is -8.49. The molecular formula is C112H182F2N10O22S3. The number of halogens is 2. The molecule has 0 aromatic heterocycles. The minimum Gasteiger partial charge on any atom is -0.480 e. The minimum atomic E-state index is -1.42. The van der Waals surface area contributed by atoms with Crippen molar-refractivity contribution in [3.8, 4) is 0 Å². The molecule has 0 aliphatic carbocycles. The fourth-order valence-electron chi connectivity index (χ4n) is 20.8. The third kappa shape index (κ3) is 40.4. The Bertz CT molecular complexity index is 4260. The van der Waals surface area contributed by atoms with Crippen LogP contribution in [0.25, 0.3) is 0 Å². The highest BCUT2D eigenvalue weighted by molar-refractivity contribution is 8.00. The van der Waals surface area contributed by atoms with E-state index in [1.807, 2.05) is 83.1 Å². The van der Waals surface area contributed by atoms with Crippen LogP contribution in [-0.4, -0.2) is 339 Å². The van der Waals surface area contributed by atoms with Crippen LogP contribution in [0.5, 0.6) is 0 Å². The van der Waals surface area contributed by atoms with Gasteiger partial charge in [0, 0.05) is 146 Å². The van der Waals surface area contributed by atoms with E-state index in [1.54, 1.807) is 136 Å². The topological polar surface area (TPSA) is 400 Å². The molecule has 0 radical (unpaired) electrons. The van der Waals surface area contributed by atoms with Crippen LogP contribution in [0.2, 0.25) is 0 Å². The molecule has 22 atom stereocenters. The van der Waals surface area contributed by atoms with Gasteiger partial charge in [-0.3, -0.25) is 76.9 Å². The number of likely N-dealkylation sites (N-methyl/N-ethyl adjacent to an activating group) is 4. The van der Waals surface area contributed by atoms with E-state index in [0.717, 1.165) is 42.9 Å². The second kappa shape index (κ2) is 67.9. The molecule has 2 aromatic carbocycles. The van der Waals surface area contributed by atoms with Gasteiger partial charge >= 0.3 is 11.9 Å². The number of amides is 12. The van der Waals surface area contributed by atoms with Gasteiger partial charge in [0.1, 0.15) is 24.4 Å². The van der Waals surface area contributed by atoms with Gasteiger partial charge < -0.3 is 69.2 Å². The minimum absolute atomic E-state index is 0.0443. The lowest BCUT2D eigenvalue weighted by Gasteiger charge is -2.41. The van der Waals surface area contributed by atoms with Crippen molar-refractivity contribution in [3.05, 3.63) is 71.8 Å². The van der Waals surface area contributed by atoms with Crippen molar-refractivity contribution in [3.63, 3.8) is 0 Å². The number of nitrogens with one attached hydrogen (secondary N) is 2. The SMILES string of the molecule is CCCCS.CCCCSC1CC(=O)N(CCCCCC(=O)N(C)[C@H](C(=O)C[C@H](C(=O)N(C)[C@@H]([C@@H](C)CC)[C@@H](CC(=O)N2C[C@@H](F)C[C@H]2[C@H](OC)[C@@H](C)C(=O)N[C@@H](Cc2ccccc2)C(=O)O)OC)C(C)C)C(C)C)C1=O.CCCCSC1CC(=O)N(CCCCCC(=O)N(C)[C@H](C(=O)C[C@H](C(=O)N(C)[C@@H]([C@@H](C)CC)[C@@H](CC(=O)N2C[C@@H](F)C[C@H]2[C@H](OC)[C@@H](C)C(=O)N[C@@H](Cc2ccccc2)C(=O)O)OC)C(C)C)C(C)C)C1=O. The lowest BCUT2D eigenvalue weighted by molar-refractivity contribution is -0.150. The number of carbonyl (C=O) groups is 16. The summed E-state index contributed by atoms with van der Waals surface area (Å²) >= 11 is 7.09. The molecule has 0 bridgehead atoms. The third-order valence-electron chi connectivity index (χ3n) is 30.0. The number of ketones is 2. The number of Topliss-reactive ketones (excluding diaryl/α,β-unsaturated/α-hetero) is 2. The zero-order chi connectivity index (χ0) is 112. The first kappa shape index (κ1) is 133. The number of carbonyl (C=O) groups excluding carboxylic acids is 14. The standard InChI is InChI=1S/2C54H86FN5O11S.C4H10S/c2*1-13-15-26-72-44-31-47(64)59(53(44)67)25-21-17-20-24-45(62)57(9)48(34(5)6)42(61)29-39(33(3)4)52(66)58(10)49(35(7)14-2)43(70-11)30-46(63)60-32-38(55)28-41(60)50(71-12)36(8)51(65)56-40(54(68)69)27-37-22-18-16-19-23-37;1-2-3-4-5/h2*16,18-19,22-23,33-36,38-41,43-44,48-50H,13-15,17,20-21,24-32H2,1-12H3,(H,56,65)(H,68,69);5H,2-4H2,1H3/t2*35-,36+,38-,39-,40-,41-,43+,44?,48-,49-,50+;/m00./s1.